The van der Waals surface area contributed by atoms with Crippen molar-refractivity contribution in [3.05, 3.63) is 301 Å². The number of benzene rings is 10. The Labute approximate surface area is 588 Å². The molecule has 2 heterocycles. The van der Waals surface area contributed by atoms with Gasteiger partial charge < -0.3 is 56.8 Å². The molecule has 4 unspecified atom stereocenters. The van der Waals surface area contributed by atoms with Gasteiger partial charge in [0, 0.05) is 105 Å². The summed E-state index contributed by atoms with van der Waals surface area (Å²) in [6.07, 6.45) is -5.03. The molecule has 0 amide bonds. The number of hydrogen-bond acceptors (Lipinski definition) is 24. The van der Waals surface area contributed by atoms with Gasteiger partial charge in [0.1, 0.15) is 84.6 Å². The third-order valence-electron chi connectivity index (χ3n) is 17.6. The van der Waals surface area contributed by atoms with Crippen LogP contribution in [-0.2, 0) is 45.4 Å². The van der Waals surface area contributed by atoms with Crippen LogP contribution in [0.5, 0.6) is 69.0 Å². The molecule has 0 saturated heterocycles. The van der Waals surface area contributed by atoms with Gasteiger partial charge in [0.15, 0.2) is 0 Å². The summed E-state index contributed by atoms with van der Waals surface area (Å²) < 4.78 is 74.1. The van der Waals surface area contributed by atoms with E-state index in [2.05, 4.69) is 0 Å². The molecule has 12 rings (SSSR count). The topological polar surface area (TPSA) is 352 Å². The minimum Gasteiger partial charge on any atom is -0.450 e. The van der Waals surface area contributed by atoms with Gasteiger partial charge in [-0.1, -0.05) is 149 Å². The van der Waals surface area contributed by atoms with Gasteiger partial charge in [-0.3, -0.25) is 40.5 Å². The molecular formula is C76H56N4O24. The first-order chi connectivity index (χ1) is 50.1. The average molecular weight is 1410 g/mol. The number of carbonyl (C=O) groups excluding carboxylic acids is 4. The van der Waals surface area contributed by atoms with Crippen molar-refractivity contribution in [1.29, 1.82) is 0 Å². The van der Waals surface area contributed by atoms with E-state index < -0.39 is 137 Å². The summed E-state index contributed by atoms with van der Waals surface area (Å²) in [4.78, 5) is 107. The van der Waals surface area contributed by atoms with E-state index in [1.54, 1.807) is 149 Å². The van der Waals surface area contributed by atoms with Crippen LogP contribution in [0.4, 0.5) is 41.9 Å². The molecule has 2 aliphatic heterocycles. The number of rotatable bonds is 16. The Kier molecular flexibility index (Phi) is 19.2. The normalized spacial score (nSPS) is 14.9. The Morgan fingerprint density at radius 3 is 0.702 bits per heavy atom. The van der Waals surface area contributed by atoms with Gasteiger partial charge in [0.2, 0.25) is 23.0 Å². The number of carbonyl (C=O) groups is 4. The maximum atomic E-state index is 14.3. The molecular weight excluding hydrogens is 1350 g/mol. The van der Waals surface area contributed by atoms with E-state index in [-0.39, 0.29) is 93.9 Å². The monoisotopic (exact) mass is 1410 g/mol. The van der Waals surface area contributed by atoms with E-state index in [0.717, 1.165) is 24.3 Å². The van der Waals surface area contributed by atoms with E-state index in [0.29, 0.717) is 34.4 Å². The number of ether oxygens (including phenoxy) is 12. The number of nitrogens with zero attached hydrogens (tertiary/aromatic N) is 4. The molecule has 4 atom stereocenters. The second kappa shape index (κ2) is 29.1. The molecule has 0 aromatic heterocycles. The third-order valence-corrected chi connectivity index (χ3v) is 17.6. The van der Waals surface area contributed by atoms with Crippen LogP contribution in [0.2, 0.25) is 0 Å². The van der Waals surface area contributed by atoms with Crippen molar-refractivity contribution in [2.45, 2.75) is 77.8 Å². The van der Waals surface area contributed by atoms with Crippen LogP contribution in [0, 0.1) is 40.5 Å². The van der Waals surface area contributed by atoms with Crippen molar-refractivity contribution in [1.82, 2.24) is 0 Å². The van der Waals surface area contributed by atoms with Crippen molar-refractivity contribution < 1.29 is 95.7 Å². The third kappa shape index (κ3) is 14.6. The number of fused-ring (bicyclic) bond motifs is 12. The van der Waals surface area contributed by atoms with Gasteiger partial charge in [-0.2, -0.15) is 0 Å². The zero-order chi connectivity index (χ0) is 73.0. The minimum absolute atomic E-state index is 0.00868. The second-order valence-electron chi connectivity index (χ2n) is 24.1. The van der Waals surface area contributed by atoms with Crippen LogP contribution in [0.1, 0.15) is 118 Å². The molecule has 0 spiro atoms. The van der Waals surface area contributed by atoms with Crippen molar-refractivity contribution in [3.8, 4) is 69.0 Å². The van der Waals surface area contributed by atoms with Crippen molar-refractivity contribution in [2.24, 2.45) is 0 Å². The number of nitro groups is 4. The lowest BCUT2D eigenvalue weighted by Crippen LogP contribution is -2.17. The van der Waals surface area contributed by atoms with Crippen LogP contribution in [-0.4, -0.2) is 44.3 Å². The van der Waals surface area contributed by atoms with Gasteiger partial charge in [0.05, 0.1) is 19.7 Å². The lowest BCUT2D eigenvalue weighted by Gasteiger charge is -2.29. The number of hydrogen-bond donors (Lipinski definition) is 0. The van der Waals surface area contributed by atoms with Gasteiger partial charge >= 0.3 is 47.4 Å². The summed E-state index contributed by atoms with van der Waals surface area (Å²) in [5.74, 6) is -10.7. The maximum Gasteiger partial charge on any atom is 0.514 e. The fourth-order valence-corrected chi connectivity index (χ4v) is 12.3. The summed E-state index contributed by atoms with van der Waals surface area (Å²) in [5.41, 5.74) is -1.34. The molecule has 28 heteroatoms. The van der Waals surface area contributed by atoms with Crippen LogP contribution >= 0.6 is 0 Å². The molecule has 0 N–H and O–H groups in total. The highest BCUT2D eigenvalue weighted by molar-refractivity contribution is 5.75. The SMILES string of the molecule is CC1c2cc(c(OC(=O)OCc3ccccc3)cc2OC(=O)OCc2ccccc2)C(C)c2cc3c4cc2Oc2cc(c([N+](=O)[O-])cc2[N+](=O)[O-])Oc2cc(c(cc21)C(C)c1cc(c(OC(=O)OCc2ccccc2)cc1OC(=O)OCc1ccccc1)C3C)Oc1cc(c([N+](=O)[O-])cc1[N+](=O)[O-])O4. The van der Waals surface area contributed by atoms with Crippen LogP contribution in [0.3, 0.4) is 0 Å². The summed E-state index contributed by atoms with van der Waals surface area (Å²) in [5, 5.41) is 53.4. The minimum atomic E-state index is -1.26. The molecule has 524 valence electrons. The fourth-order valence-electron chi connectivity index (χ4n) is 12.3. The molecule has 0 saturated carbocycles. The lowest BCUT2D eigenvalue weighted by atomic mass is 9.80. The standard InChI is InChI=1S/C76H56N4O24/c1-41-49-25-50-42(2)55-28-56(68(104-76(84)96-40-48-23-15-8-16-24-48)34-67(55)103-75(83)95-39-47-21-13-7-14-22-47)44(4)52-26-51(43(3)54-27-53(41)65(101-73(81)93-37-45-17-9-5-10-18-45)33-66(54)102-74(82)94-38-46-19-11-6-12-20-46)63-32-64(52)100-72-36-71(59(79(89)90)30-60(72)80(91)92)98-62(50)31-61(49)97-69-35-70(99-63)58(78(87)88)29-57(69)77(85)86/h5-36,41-44H,37-40H2,1-4H3. The van der Waals surface area contributed by atoms with Crippen LogP contribution in [0.25, 0.3) is 0 Å². The molecule has 0 radical (unpaired) electrons. The molecule has 8 bridgehead atoms. The van der Waals surface area contributed by atoms with Gasteiger partial charge in [-0.05, 0) is 46.5 Å². The van der Waals surface area contributed by atoms with Crippen LogP contribution < -0.4 is 37.9 Å². The van der Waals surface area contributed by atoms with E-state index in [1.807, 2.05) is 0 Å². The first kappa shape index (κ1) is 68.6. The van der Waals surface area contributed by atoms with Crippen molar-refractivity contribution in [2.75, 3.05) is 0 Å². The highest BCUT2D eigenvalue weighted by Gasteiger charge is 2.39. The fraction of sp³-hybridized carbons (Fsp3) is 0.158. The molecule has 0 aliphatic carbocycles. The van der Waals surface area contributed by atoms with Gasteiger partial charge in [-0.25, -0.2) is 19.2 Å². The van der Waals surface area contributed by atoms with E-state index in [1.165, 1.54) is 36.4 Å². The van der Waals surface area contributed by atoms with E-state index >= 15 is 0 Å². The van der Waals surface area contributed by atoms with Gasteiger partial charge in [0.25, 0.3) is 0 Å². The van der Waals surface area contributed by atoms with Crippen LogP contribution in [0.15, 0.2) is 194 Å². The van der Waals surface area contributed by atoms with Gasteiger partial charge in [-0.15, -0.1) is 0 Å². The Bertz CT molecular complexity index is 4510. The van der Waals surface area contributed by atoms with E-state index in [4.69, 9.17) is 56.8 Å². The molecule has 28 nitrogen and oxygen atoms in total. The predicted octanol–water partition coefficient (Wildman–Crippen LogP) is 18.9. The summed E-state index contributed by atoms with van der Waals surface area (Å²) in [6, 6.07) is 48.1. The smallest absolute Gasteiger partial charge is 0.450 e. The number of nitro benzene ring substituents is 4. The largest absolute Gasteiger partial charge is 0.514 e. The first-order valence-electron chi connectivity index (χ1n) is 32.0. The molecule has 10 aromatic carbocycles. The van der Waals surface area contributed by atoms with E-state index in [9.17, 15) is 59.6 Å². The molecule has 10 aromatic rings. The highest BCUT2D eigenvalue weighted by Crippen LogP contribution is 2.56. The zero-order valence-corrected chi connectivity index (χ0v) is 55.2. The maximum absolute atomic E-state index is 14.3. The molecule has 104 heavy (non-hydrogen) atoms. The summed E-state index contributed by atoms with van der Waals surface area (Å²) >= 11 is 0. The Morgan fingerprint density at radius 2 is 0.490 bits per heavy atom. The Hall–Kier alpha value is -13.9. The molecule has 0 fully saturated rings. The zero-order valence-electron chi connectivity index (χ0n) is 55.2. The molecule has 2 aliphatic rings. The highest BCUT2D eigenvalue weighted by atomic mass is 16.7. The Morgan fingerprint density at radius 1 is 0.288 bits per heavy atom. The summed E-state index contributed by atoms with van der Waals surface area (Å²) in [7, 11) is 0. The quantitative estimate of drug-likeness (QED) is 0.0285. The Balaban J connectivity index is 1.14. The first-order valence-corrected chi connectivity index (χ1v) is 32.0. The van der Waals surface area contributed by atoms with Crippen molar-refractivity contribution in [3.63, 3.8) is 0 Å². The summed E-state index contributed by atoms with van der Waals surface area (Å²) in [6.45, 7) is 5.28. The average Bonchev–Trinajstić information content (AvgIpc) is 0.743. The lowest BCUT2D eigenvalue weighted by molar-refractivity contribution is -0.395. The predicted molar refractivity (Wildman–Crippen MR) is 365 cm³/mol. The second-order valence-corrected chi connectivity index (χ2v) is 24.1. The van der Waals surface area contributed by atoms with Crippen molar-refractivity contribution >= 4 is 47.4 Å².